The third-order valence-electron chi connectivity index (χ3n) is 3.38. The van der Waals surface area contributed by atoms with E-state index in [-0.39, 0.29) is 16.9 Å². The second kappa shape index (κ2) is 4.96. The summed E-state index contributed by atoms with van der Waals surface area (Å²) in [5.41, 5.74) is 2.20. The Hall–Kier alpha value is -1.78. The molecule has 1 aliphatic carbocycles. The summed E-state index contributed by atoms with van der Waals surface area (Å²) in [7, 11) is 0. The van der Waals surface area contributed by atoms with Gasteiger partial charge < -0.3 is 0 Å². The molecule has 1 aromatic rings. The number of thiocarbonyl (C=S) groups is 1. The lowest BCUT2D eigenvalue weighted by Gasteiger charge is -2.31. The minimum absolute atomic E-state index is 0.0917. The van der Waals surface area contributed by atoms with Gasteiger partial charge in [0.25, 0.3) is 0 Å². The van der Waals surface area contributed by atoms with E-state index >= 15 is 0 Å². The van der Waals surface area contributed by atoms with Gasteiger partial charge in [0, 0.05) is 5.02 Å². The van der Waals surface area contributed by atoms with Crippen molar-refractivity contribution in [2.24, 2.45) is 10.9 Å². The van der Waals surface area contributed by atoms with E-state index < -0.39 is 0 Å². The lowest BCUT2D eigenvalue weighted by atomic mass is 9.95. The molecule has 3 nitrogen and oxygen atoms in total. The minimum Gasteiger partial charge on any atom is -0.273 e. The van der Waals surface area contributed by atoms with Crippen LogP contribution in [0.15, 0.2) is 47.5 Å². The summed E-state index contributed by atoms with van der Waals surface area (Å²) in [6.45, 7) is 1.86. The third kappa shape index (κ3) is 2.01. The van der Waals surface area contributed by atoms with E-state index in [1.807, 2.05) is 37.3 Å². The molecule has 0 spiro atoms. The molecule has 0 fully saturated rings. The van der Waals surface area contributed by atoms with Crippen molar-refractivity contribution >= 4 is 46.2 Å². The first-order valence-corrected chi connectivity index (χ1v) is 6.94. The Kier molecular flexibility index (Phi) is 3.28. The number of carbonyl (C=O) groups is 1. The monoisotopic (exact) mass is 302 g/mol. The molecule has 20 heavy (non-hydrogen) atoms. The quantitative estimate of drug-likeness (QED) is 0.744. The fourth-order valence-corrected chi connectivity index (χ4v) is 2.76. The maximum atomic E-state index is 12.7. The van der Waals surface area contributed by atoms with Crippen molar-refractivity contribution in [1.29, 1.82) is 0 Å². The Balaban J connectivity index is 2.11. The Morgan fingerprint density at radius 3 is 2.95 bits per heavy atom. The highest BCUT2D eigenvalue weighted by atomic mass is 35.5. The molecule has 5 heteroatoms. The highest BCUT2D eigenvalue weighted by Crippen LogP contribution is 2.31. The van der Waals surface area contributed by atoms with Crippen LogP contribution in [-0.2, 0) is 4.79 Å². The lowest BCUT2D eigenvalue weighted by Crippen LogP contribution is -2.46. The molecule has 2 aliphatic rings. The first kappa shape index (κ1) is 13.2. The van der Waals surface area contributed by atoms with Crippen molar-refractivity contribution in [3.05, 3.63) is 53.1 Å². The fourth-order valence-electron chi connectivity index (χ4n) is 2.30. The van der Waals surface area contributed by atoms with Crippen LogP contribution in [-0.4, -0.2) is 16.7 Å². The van der Waals surface area contributed by atoms with Crippen molar-refractivity contribution in [2.75, 3.05) is 4.90 Å². The van der Waals surface area contributed by atoms with E-state index in [2.05, 4.69) is 4.99 Å². The largest absolute Gasteiger partial charge is 0.273 e. The van der Waals surface area contributed by atoms with Crippen LogP contribution in [0.3, 0.4) is 0 Å². The second-order valence-electron chi connectivity index (χ2n) is 4.60. The van der Waals surface area contributed by atoms with E-state index in [4.69, 9.17) is 23.8 Å². The van der Waals surface area contributed by atoms with Gasteiger partial charge in [-0.05, 0) is 42.9 Å². The van der Waals surface area contributed by atoms with Gasteiger partial charge >= 0.3 is 0 Å². The summed E-state index contributed by atoms with van der Waals surface area (Å²) in [6, 6.07) is 5.42. The zero-order valence-electron chi connectivity index (χ0n) is 10.7. The zero-order valence-corrected chi connectivity index (χ0v) is 12.3. The Morgan fingerprint density at radius 2 is 2.15 bits per heavy atom. The van der Waals surface area contributed by atoms with E-state index in [1.165, 1.54) is 4.90 Å². The van der Waals surface area contributed by atoms with Crippen LogP contribution in [0.5, 0.6) is 0 Å². The first-order chi connectivity index (χ1) is 9.59. The molecule has 1 heterocycles. The van der Waals surface area contributed by atoms with Crippen molar-refractivity contribution in [3.63, 3.8) is 0 Å². The van der Waals surface area contributed by atoms with Crippen LogP contribution in [0.1, 0.15) is 5.56 Å². The number of carbonyl (C=O) groups excluding carboxylic acids is 1. The number of hydrogen-bond donors (Lipinski definition) is 0. The molecule has 0 aromatic heterocycles. The van der Waals surface area contributed by atoms with Gasteiger partial charge in [-0.2, -0.15) is 0 Å². The highest BCUT2D eigenvalue weighted by Gasteiger charge is 2.35. The topological polar surface area (TPSA) is 32.7 Å². The molecule has 0 saturated heterocycles. The van der Waals surface area contributed by atoms with Crippen LogP contribution in [0, 0.1) is 12.8 Å². The molecule has 0 saturated carbocycles. The Bertz CT molecular complexity index is 706. The van der Waals surface area contributed by atoms with Crippen LogP contribution >= 0.6 is 23.8 Å². The standard InChI is InChI=1S/C15H11ClN2OS/c1-9-11(16)6-4-8-13(9)18-14(19)10-5-2-3-7-12(10)17-15(18)20/h2-8,10H,1H3. The number of benzene rings is 1. The minimum atomic E-state index is -0.370. The molecule has 0 radical (unpaired) electrons. The number of allylic oxidation sites excluding steroid dienone is 3. The first-order valence-electron chi connectivity index (χ1n) is 6.16. The van der Waals surface area contributed by atoms with Crippen LogP contribution < -0.4 is 4.90 Å². The normalized spacial score (nSPS) is 21.0. The average Bonchev–Trinajstić information content (AvgIpc) is 2.43. The van der Waals surface area contributed by atoms with Crippen LogP contribution in [0.2, 0.25) is 5.02 Å². The van der Waals surface area contributed by atoms with Gasteiger partial charge in [0.15, 0.2) is 0 Å². The van der Waals surface area contributed by atoms with Gasteiger partial charge in [-0.3, -0.25) is 9.69 Å². The molecule has 1 unspecified atom stereocenters. The highest BCUT2D eigenvalue weighted by molar-refractivity contribution is 7.80. The number of nitrogens with zero attached hydrogens (tertiary/aromatic N) is 2. The lowest BCUT2D eigenvalue weighted by molar-refractivity contribution is -0.118. The van der Waals surface area contributed by atoms with Crippen LogP contribution in [0.4, 0.5) is 5.69 Å². The number of hydrogen-bond acceptors (Lipinski definition) is 2. The maximum absolute atomic E-state index is 12.7. The SMILES string of the molecule is Cc1c(Cl)cccc1N1C(=O)C2C=CC=CC2=NC1=S. The molecule has 0 bridgehead atoms. The zero-order chi connectivity index (χ0) is 14.3. The predicted octanol–water partition coefficient (Wildman–Crippen LogP) is 3.46. The Morgan fingerprint density at radius 1 is 1.35 bits per heavy atom. The molecule has 1 aromatic carbocycles. The summed E-state index contributed by atoms with van der Waals surface area (Å²) in [5.74, 6) is -0.462. The van der Waals surface area contributed by atoms with Crippen LogP contribution in [0.25, 0.3) is 0 Å². The van der Waals surface area contributed by atoms with Gasteiger partial charge in [-0.15, -0.1) is 0 Å². The van der Waals surface area contributed by atoms with E-state index in [1.54, 1.807) is 12.1 Å². The summed E-state index contributed by atoms with van der Waals surface area (Å²) in [4.78, 5) is 18.5. The van der Waals surface area contributed by atoms with E-state index in [0.717, 1.165) is 5.56 Å². The predicted molar refractivity (Wildman–Crippen MR) is 85.5 cm³/mol. The number of halogens is 1. The molecule has 1 atom stereocenters. The smallest absolute Gasteiger partial charge is 0.246 e. The summed E-state index contributed by atoms with van der Waals surface area (Å²) in [5, 5.41) is 0.860. The van der Waals surface area contributed by atoms with Gasteiger partial charge in [-0.1, -0.05) is 35.9 Å². The van der Waals surface area contributed by atoms with Gasteiger partial charge in [0.1, 0.15) is 0 Å². The summed E-state index contributed by atoms with van der Waals surface area (Å²) in [6.07, 6.45) is 7.34. The number of aliphatic imine (C=N–C) groups is 1. The molecule has 1 aliphatic heterocycles. The fraction of sp³-hybridized carbons (Fsp3) is 0.133. The molecule has 1 amide bonds. The number of rotatable bonds is 1. The maximum Gasteiger partial charge on any atom is 0.246 e. The summed E-state index contributed by atoms with van der Waals surface area (Å²) < 4.78 is 0. The van der Waals surface area contributed by atoms with Gasteiger partial charge in [-0.25, -0.2) is 4.99 Å². The molecular weight excluding hydrogens is 292 g/mol. The van der Waals surface area contributed by atoms with E-state index in [9.17, 15) is 4.79 Å². The van der Waals surface area contributed by atoms with E-state index in [0.29, 0.717) is 16.4 Å². The van der Waals surface area contributed by atoms with Crippen molar-refractivity contribution in [2.45, 2.75) is 6.92 Å². The van der Waals surface area contributed by atoms with Crippen molar-refractivity contribution in [3.8, 4) is 0 Å². The number of anilines is 1. The summed E-state index contributed by atoms with van der Waals surface area (Å²) >= 11 is 11.4. The molecule has 0 N–H and O–H groups in total. The molecular formula is C15H11ClN2OS. The average molecular weight is 303 g/mol. The van der Waals surface area contributed by atoms with Gasteiger partial charge in [0.2, 0.25) is 11.0 Å². The third-order valence-corrected chi connectivity index (χ3v) is 4.07. The molecule has 100 valence electrons. The second-order valence-corrected chi connectivity index (χ2v) is 5.37. The number of fused-ring (bicyclic) bond motifs is 1. The number of amides is 1. The molecule has 3 rings (SSSR count). The Labute approximate surface area is 127 Å². The van der Waals surface area contributed by atoms with Crippen molar-refractivity contribution < 1.29 is 4.79 Å². The van der Waals surface area contributed by atoms with Gasteiger partial charge in [0.05, 0.1) is 17.3 Å². The van der Waals surface area contributed by atoms with Crippen molar-refractivity contribution in [1.82, 2.24) is 0 Å².